The topological polar surface area (TPSA) is 44.7 Å². The molecule has 1 aromatic carbocycles. The van der Waals surface area contributed by atoms with Crippen molar-refractivity contribution in [3.8, 4) is 5.75 Å². The zero-order valence-corrected chi connectivity index (χ0v) is 14.5. The Kier molecular flexibility index (Phi) is 5.84. The fourth-order valence-corrected chi connectivity index (χ4v) is 3.07. The lowest BCUT2D eigenvalue weighted by atomic mass is 9.94. The molecular weight excluding hydrogens is 276 g/mol. The number of hydrogen-bond donors (Lipinski definition) is 2. The summed E-state index contributed by atoms with van der Waals surface area (Å²) in [5.41, 5.74) is 3.27. The predicted molar refractivity (Wildman–Crippen MR) is 90.5 cm³/mol. The molecule has 1 fully saturated rings. The van der Waals surface area contributed by atoms with Crippen molar-refractivity contribution in [1.29, 1.82) is 0 Å². The summed E-state index contributed by atoms with van der Waals surface area (Å²) in [7, 11) is 0. The fraction of sp³-hybridized carbons (Fsp3) is 0.667. The second kappa shape index (κ2) is 7.44. The minimum absolute atomic E-state index is 0.122. The molecule has 2 N–H and O–H groups in total. The summed E-state index contributed by atoms with van der Waals surface area (Å²) in [5, 5.41) is 14.2. The van der Waals surface area contributed by atoms with E-state index >= 15 is 0 Å². The van der Waals surface area contributed by atoms with E-state index in [1.165, 1.54) is 0 Å². The Bertz CT molecular complexity index is 496. The average molecular weight is 306 g/mol. The van der Waals surface area contributed by atoms with Gasteiger partial charge >= 0.3 is 0 Å². The van der Waals surface area contributed by atoms with Crippen LogP contribution in [0, 0.1) is 13.8 Å². The second-order valence-corrected chi connectivity index (χ2v) is 6.54. The molecule has 2 unspecified atom stereocenters. The van der Waals surface area contributed by atoms with E-state index in [1.54, 1.807) is 0 Å². The van der Waals surface area contributed by atoms with E-state index in [0.717, 1.165) is 48.6 Å². The van der Waals surface area contributed by atoms with E-state index in [9.17, 15) is 5.11 Å². The highest BCUT2D eigenvalue weighted by Crippen LogP contribution is 2.31. The van der Waals surface area contributed by atoms with Crippen LogP contribution in [-0.4, -0.2) is 48.3 Å². The van der Waals surface area contributed by atoms with Crippen LogP contribution in [0.25, 0.3) is 0 Å². The molecular formula is C18H30N2O2. The SMILES string of the molecule is Cc1c(OC(C)C)ccc(C(O)C(C)N2CCNCC2)c1C. The fourth-order valence-electron chi connectivity index (χ4n) is 3.07. The van der Waals surface area contributed by atoms with Crippen LogP contribution in [0.1, 0.15) is 43.6 Å². The summed E-state index contributed by atoms with van der Waals surface area (Å²) in [6, 6.07) is 4.13. The van der Waals surface area contributed by atoms with Crippen LogP contribution < -0.4 is 10.1 Å². The van der Waals surface area contributed by atoms with Gasteiger partial charge in [-0.15, -0.1) is 0 Å². The van der Waals surface area contributed by atoms with Crippen molar-refractivity contribution in [2.45, 2.75) is 52.9 Å². The molecule has 0 amide bonds. The van der Waals surface area contributed by atoms with Crippen LogP contribution in [0.3, 0.4) is 0 Å². The normalized spacial score (nSPS) is 19.2. The Morgan fingerprint density at radius 2 is 1.73 bits per heavy atom. The quantitative estimate of drug-likeness (QED) is 0.877. The van der Waals surface area contributed by atoms with Crippen LogP contribution in [0.15, 0.2) is 12.1 Å². The lowest BCUT2D eigenvalue weighted by molar-refractivity contribution is 0.0505. The molecule has 124 valence electrons. The third kappa shape index (κ3) is 3.80. The van der Waals surface area contributed by atoms with Crippen molar-refractivity contribution < 1.29 is 9.84 Å². The number of ether oxygens (including phenoxy) is 1. The Balaban J connectivity index is 2.18. The van der Waals surface area contributed by atoms with Crippen LogP contribution in [0.2, 0.25) is 0 Å². The first kappa shape index (κ1) is 17.3. The van der Waals surface area contributed by atoms with E-state index in [-0.39, 0.29) is 12.1 Å². The van der Waals surface area contributed by atoms with E-state index < -0.39 is 6.10 Å². The van der Waals surface area contributed by atoms with Gasteiger partial charge in [0.2, 0.25) is 0 Å². The maximum atomic E-state index is 10.8. The summed E-state index contributed by atoms with van der Waals surface area (Å²) in [6.45, 7) is 14.3. The molecule has 0 saturated carbocycles. The molecule has 4 nitrogen and oxygen atoms in total. The summed E-state index contributed by atoms with van der Waals surface area (Å²) in [6.07, 6.45) is -0.307. The first-order valence-electron chi connectivity index (χ1n) is 8.31. The smallest absolute Gasteiger partial charge is 0.122 e. The lowest BCUT2D eigenvalue weighted by Gasteiger charge is -2.36. The zero-order chi connectivity index (χ0) is 16.3. The minimum atomic E-state index is -0.468. The molecule has 1 heterocycles. The van der Waals surface area contributed by atoms with E-state index in [1.807, 2.05) is 26.0 Å². The highest BCUT2D eigenvalue weighted by atomic mass is 16.5. The van der Waals surface area contributed by atoms with Gasteiger partial charge in [-0.1, -0.05) is 6.07 Å². The highest BCUT2D eigenvalue weighted by Gasteiger charge is 2.26. The molecule has 1 aromatic rings. The number of aliphatic hydroxyl groups is 1. The van der Waals surface area contributed by atoms with Gasteiger partial charge in [0.15, 0.2) is 0 Å². The predicted octanol–water partition coefficient (Wildman–Crippen LogP) is 2.42. The Hall–Kier alpha value is -1.10. The van der Waals surface area contributed by atoms with Gasteiger partial charge in [-0.2, -0.15) is 0 Å². The van der Waals surface area contributed by atoms with Crippen molar-refractivity contribution in [3.63, 3.8) is 0 Å². The van der Waals surface area contributed by atoms with Crippen molar-refractivity contribution in [3.05, 3.63) is 28.8 Å². The van der Waals surface area contributed by atoms with E-state index in [0.29, 0.717) is 0 Å². The number of piperazine rings is 1. The lowest BCUT2D eigenvalue weighted by Crippen LogP contribution is -2.49. The van der Waals surface area contributed by atoms with Gasteiger partial charge in [-0.25, -0.2) is 0 Å². The van der Waals surface area contributed by atoms with Crippen molar-refractivity contribution in [2.75, 3.05) is 26.2 Å². The highest BCUT2D eigenvalue weighted by molar-refractivity contribution is 5.44. The molecule has 1 saturated heterocycles. The maximum absolute atomic E-state index is 10.8. The average Bonchev–Trinajstić information content (AvgIpc) is 2.51. The number of nitrogens with one attached hydrogen (secondary N) is 1. The number of aliphatic hydroxyl groups excluding tert-OH is 1. The standard InChI is InChI=1S/C18H30N2O2/c1-12(2)22-17-7-6-16(13(3)14(17)4)18(21)15(5)20-10-8-19-9-11-20/h6-7,12,15,18-19,21H,8-11H2,1-5H3. The van der Waals surface area contributed by atoms with Crippen molar-refractivity contribution in [1.82, 2.24) is 10.2 Å². The monoisotopic (exact) mass is 306 g/mol. The van der Waals surface area contributed by atoms with Crippen LogP contribution in [0.4, 0.5) is 0 Å². The van der Waals surface area contributed by atoms with E-state index in [2.05, 4.69) is 31.0 Å². The summed E-state index contributed by atoms with van der Waals surface area (Å²) >= 11 is 0. The molecule has 0 aliphatic carbocycles. The van der Waals surface area contributed by atoms with Gasteiger partial charge in [-0.3, -0.25) is 4.90 Å². The summed E-state index contributed by atoms with van der Waals surface area (Å²) in [5.74, 6) is 0.915. The molecule has 0 spiro atoms. The van der Waals surface area contributed by atoms with Gasteiger partial charge in [0.1, 0.15) is 5.75 Å². The second-order valence-electron chi connectivity index (χ2n) is 6.54. The number of benzene rings is 1. The summed E-state index contributed by atoms with van der Waals surface area (Å²) < 4.78 is 5.84. The van der Waals surface area contributed by atoms with Gasteiger partial charge in [0, 0.05) is 32.2 Å². The first-order valence-corrected chi connectivity index (χ1v) is 8.31. The first-order chi connectivity index (χ1) is 10.4. The Morgan fingerprint density at radius 1 is 1.09 bits per heavy atom. The Morgan fingerprint density at radius 3 is 2.32 bits per heavy atom. The number of nitrogens with zero attached hydrogens (tertiary/aromatic N) is 1. The zero-order valence-electron chi connectivity index (χ0n) is 14.5. The minimum Gasteiger partial charge on any atom is -0.491 e. The van der Waals surface area contributed by atoms with E-state index in [4.69, 9.17) is 4.74 Å². The van der Waals surface area contributed by atoms with Crippen LogP contribution in [0.5, 0.6) is 5.75 Å². The van der Waals surface area contributed by atoms with Crippen molar-refractivity contribution in [2.24, 2.45) is 0 Å². The van der Waals surface area contributed by atoms with Crippen LogP contribution in [-0.2, 0) is 0 Å². The largest absolute Gasteiger partial charge is 0.491 e. The van der Waals surface area contributed by atoms with Gasteiger partial charge < -0.3 is 15.2 Å². The van der Waals surface area contributed by atoms with Crippen LogP contribution >= 0.6 is 0 Å². The number of rotatable bonds is 5. The maximum Gasteiger partial charge on any atom is 0.122 e. The third-order valence-corrected chi connectivity index (χ3v) is 4.65. The molecule has 1 aliphatic rings. The number of hydrogen-bond acceptors (Lipinski definition) is 4. The van der Waals surface area contributed by atoms with Gasteiger partial charge in [0.25, 0.3) is 0 Å². The molecule has 0 aromatic heterocycles. The molecule has 1 aliphatic heterocycles. The molecule has 0 bridgehead atoms. The third-order valence-electron chi connectivity index (χ3n) is 4.65. The van der Waals surface area contributed by atoms with Gasteiger partial charge in [0.05, 0.1) is 12.2 Å². The summed E-state index contributed by atoms with van der Waals surface area (Å²) in [4.78, 5) is 2.36. The molecule has 4 heteroatoms. The Labute approximate surface area is 134 Å². The van der Waals surface area contributed by atoms with Gasteiger partial charge in [-0.05, 0) is 57.4 Å². The molecule has 2 rings (SSSR count). The van der Waals surface area contributed by atoms with Crippen molar-refractivity contribution >= 4 is 0 Å². The molecule has 0 radical (unpaired) electrons. The molecule has 2 atom stereocenters. The molecule has 22 heavy (non-hydrogen) atoms.